The number of nitrogens with zero attached hydrogens (tertiary/aromatic N) is 1. The highest BCUT2D eigenvalue weighted by atomic mass is 32.2. The Labute approximate surface area is 88.9 Å². The summed E-state index contributed by atoms with van der Waals surface area (Å²) in [5, 5.41) is 3.59. The SMILES string of the molecule is Cc1noc(C)c1S(=O)(=O)N[C@@H](C)CN. The molecule has 1 aromatic rings. The molecule has 0 bridgehead atoms. The first-order valence-corrected chi connectivity index (χ1v) is 6.02. The lowest BCUT2D eigenvalue weighted by Gasteiger charge is -2.11. The zero-order valence-electron chi connectivity index (χ0n) is 8.94. The Morgan fingerprint density at radius 3 is 2.53 bits per heavy atom. The number of nitrogens with one attached hydrogen (secondary N) is 1. The van der Waals surface area contributed by atoms with Crippen molar-refractivity contribution in [2.75, 3.05) is 6.54 Å². The molecule has 0 aromatic carbocycles. The zero-order chi connectivity index (χ0) is 11.6. The third-order valence-electron chi connectivity index (χ3n) is 1.95. The smallest absolute Gasteiger partial charge is 0.246 e. The number of rotatable bonds is 4. The van der Waals surface area contributed by atoms with Crippen LogP contribution in [0.5, 0.6) is 0 Å². The highest BCUT2D eigenvalue weighted by molar-refractivity contribution is 7.89. The lowest BCUT2D eigenvalue weighted by Crippen LogP contribution is -2.38. The second-order valence-electron chi connectivity index (χ2n) is 3.41. The van der Waals surface area contributed by atoms with Crippen molar-refractivity contribution < 1.29 is 12.9 Å². The van der Waals surface area contributed by atoms with E-state index in [2.05, 4.69) is 9.88 Å². The molecule has 0 aliphatic rings. The first kappa shape index (κ1) is 12.2. The molecular weight excluding hydrogens is 218 g/mol. The molecule has 7 heteroatoms. The number of sulfonamides is 1. The van der Waals surface area contributed by atoms with E-state index in [0.717, 1.165) is 0 Å². The highest BCUT2D eigenvalue weighted by Gasteiger charge is 2.25. The summed E-state index contributed by atoms with van der Waals surface area (Å²) in [6.45, 7) is 5.07. The molecule has 6 nitrogen and oxygen atoms in total. The Balaban J connectivity index is 3.07. The average Bonchev–Trinajstić information content (AvgIpc) is 2.45. The van der Waals surface area contributed by atoms with E-state index < -0.39 is 10.0 Å². The fourth-order valence-electron chi connectivity index (χ4n) is 1.23. The molecule has 0 aliphatic heterocycles. The van der Waals surface area contributed by atoms with Crippen LogP contribution >= 0.6 is 0 Å². The molecule has 1 heterocycles. The van der Waals surface area contributed by atoms with Crippen LogP contribution in [0, 0.1) is 13.8 Å². The lowest BCUT2D eigenvalue weighted by atomic mass is 10.4. The summed E-state index contributed by atoms with van der Waals surface area (Å²) in [7, 11) is -3.58. The largest absolute Gasteiger partial charge is 0.360 e. The standard InChI is InChI=1S/C8H15N3O3S/c1-5(4-9)11-15(12,13)8-6(2)10-14-7(8)3/h5,11H,4,9H2,1-3H3/t5-/m0/s1. The van der Waals surface area contributed by atoms with Gasteiger partial charge in [-0.3, -0.25) is 0 Å². The van der Waals surface area contributed by atoms with Crippen LogP contribution in [-0.4, -0.2) is 26.2 Å². The fourth-order valence-corrected chi connectivity index (χ4v) is 2.82. The highest BCUT2D eigenvalue weighted by Crippen LogP contribution is 2.18. The maximum atomic E-state index is 11.8. The Bertz CT molecular complexity index is 418. The van der Waals surface area contributed by atoms with Gasteiger partial charge in [-0.15, -0.1) is 0 Å². The van der Waals surface area contributed by atoms with Crippen molar-refractivity contribution >= 4 is 10.0 Å². The lowest BCUT2D eigenvalue weighted by molar-refractivity contribution is 0.390. The van der Waals surface area contributed by atoms with Crippen LogP contribution in [-0.2, 0) is 10.0 Å². The first-order chi connectivity index (χ1) is 6.88. The summed E-state index contributed by atoms with van der Waals surface area (Å²) < 4.78 is 30.9. The molecule has 0 unspecified atom stereocenters. The Morgan fingerprint density at radius 2 is 2.13 bits per heavy atom. The molecule has 0 fully saturated rings. The van der Waals surface area contributed by atoms with Crippen molar-refractivity contribution in [3.63, 3.8) is 0 Å². The van der Waals surface area contributed by atoms with E-state index in [9.17, 15) is 8.42 Å². The summed E-state index contributed by atoms with van der Waals surface area (Å²) in [6, 6.07) is -0.316. The van der Waals surface area contributed by atoms with Crippen molar-refractivity contribution in [3.8, 4) is 0 Å². The summed E-state index contributed by atoms with van der Waals surface area (Å²) in [4.78, 5) is 0.0998. The minimum atomic E-state index is -3.58. The second-order valence-corrected chi connectivity index (χ2v) is 5.06. The van der Waals surface area contributed by atoms with Gasteiger partial charge in [-0.2, -0.15) is 0 Å². The minimum absolute atomic E-state index is 0.0998. The molecule has 0 amide bonds. The summed E-state index contributed by atoms with van der Waals surface area (Å²) in [6.07, 6.45) is 0. The van der Waals surface area contributed by atoms with Crippen LogP contribution in [0.3, 0.4) is 0 Å². The molecule has 0 radical (unpaired) electrons. The Kier molecular flexibility index (Phi) is 3.48. The average molecular weight is 233 g/mol. The molecule has 1 rings (SSSR count). The molecule has 1 atom stereocenters. The Hall–Kier alpha value is -0.920. The van der Waals surface area contributed by atoms with Crippen molar-refractivity contribution in [2.24, 2.45) is 5.73 Å². The van der Waals surface area contributed by atoms with Gasteiger partial charge < -0.3 is 10.3 Å². The van der Waals surface area contributed by atoms with E-state index in [-0.39, 0.29) is 23.2 Å². The molecule has 0 aliphatic carbocycles. The summed E-state index contributed by atoms with van der Waals surface area (Å²) in [5.41, 5.74) is 5.69. The molecule has 15 heavy (non-hydrogen) atoms. The molecular formula is C8H15N3O3S. The van der Waals surface area contributed by atoms with Gasteiger partial charge in [0.25, 0.3) is 0 Å². The summed E-state index contributed by atoms with van der Waals surface area (Å²) >= 11 is 0. The normalized spacial score (nSPS) is 14.1. The Morgan fingerprint density at radius 1 is 1.53 bits per heavy atom. The van der Waals surface area contributed by atoms with Gasteiger partial charge in [-0.1, -0.05) is 5.16 Å². The molecule has 0 saturated carbocycles. The maximum absolute atomic E-state index is 11.8. The van der Waals surface area contributed by atoms with E-state index in [1.165, 1.54) is 0 Å². The predicted molar refractivity (Wildman–Crippen MR) is 54.8 cm³/mol. The maximum Gasteiger partial charge on any atom is 0.246 e. The first-order valence-electron chi connectivity index (χ1n) is 4.53. The van der Waals surface area contributed by atoms with Crippen LogP contribution in [0.25, 0.3) is 0 Å². The van der Waals surface area contributed by atoms with Crippen molar-refractivity contribution in [3.05, 3.63) is 11.5 Å². The van der Waals surface area contributed by atoms with E-state index in [4.69, 9.17) is 10.3 Å². The fraction of sp³-hybridized carbons (Fsp3) is 0.625. The van der Waals surface area contributed by atoms with Gasteiger partial charge in [-0.25, -0.2) is 13.1 Å². The van der Waals surface area contributed by atoms with Gasteiger partial charge in [0, 0.05) is 12.6 Å². The third-order valence-corrected chi connectivity index (χ3v) is 3.78. The van der Waals surface area contributed by atoms with Gasteiger partial charge in [0.1, 0.15) is 10.6 Å². The van der Waals surface area contributed by atoms with Crippen molar-refractivity contribution in [1.82, 2.24) is 9.88 Å². The van der Waals surface area contributed by atoms with Gasteiger partial charge in [0.05, 0.1) is 0 Å². The molecule has 0 saturated heterocycles. The minimum Gasteiger partial charge on any atom is -0.360 e. The molecule has 1 aromatic heterocycles. The van der Waals surface area contributed by atoms with E-state index >= 15 is 0 Å². The number of nitrogens with two attached hydrogens (primary N) is 1. The number of aryl methyl sites for hydroxylation is 2. The quantitative estimate of drug-likeness (QED) is 0.757. The predicted octanol–water partition coefficient (Wildman–Crippen LogP) is -0.0831. The van der Waals surface area contributed by atoms with E-state index in [0.29, 0.717) is 5.69 Å². The van der Waals surface area contributed by atoms with Gasteiger partial charge in [-0.05, 0) is 20.8 Å². The van der Waals surface area contributed by atoms with E-state index in [1.807, 2.05) is 0 Å². The number of hydrogen-bond donors (Lipinski definition) is 2. The molecule has 86 valence electrons. The molecule has 3 N–H and O–H groups in total. The van der Waals surface area contributed by atoms with Crippen molar-refractivity contribution in [2.45, 2.75) is 31.7 Å². The third kappa shape index (κ3) is 2.55. The monoisotopic (exact) mass is 233 g/mol. The van der Waals surface area contributed by atoms with Gasteiger partial charge in [0.2, 0.25) is 10.0 Å². The van der Waals surface area contributed by atoms with Crippen LogP contribution in [0.1, 0.15) is 18.4 Å². The van der Waals surface area contributed by atoms with Crippen molar-refractivity contribution in [1.29, 1.82) is 0 Å². The van der Waals surface area contributed by atoms with Gasteiger partial charge in [0.15, 0.2) is 5.76 Å². The zero-order valence-corrected chi connectivity index (χ0v) is 9.76. The number of hydrogen-bond acceptors (Lipinski definition) is 5. The van der Waals surface area contributed by atoms with Crippen LogP contribution in [0.2, 0.25) is 0 Å². The van der Waals surface area contributed by atoms with Crippen LogP contribution < -0.4 is 10.5 Å². The number of aromatic nitrogens is 1. The van der Waals surface area contributed by atoms with Crippen LogP contribution in [0.15, 0.2) is 9.42 Å². The summed E-state index contributed by atoms with van der Waals surface area (Å²) in [5.74, 6) is 0.282. The topological polar surface area (TPSA) is 98.2 Å². The second kappa shape index (κ2) is 4.30. The van der Waals surface area contributed by atoms with Crippen LogP contribution in [0.4, 0.5) is 0 Å². The molecule has 0 spiro atoms. The van der Waals surface area contributed by atoms with Gasteiger partial charge >= 0.3 is 0 Å². The van der Waals surface area contributed by atoms with E-state index in [1.54, 1.807) is 20.8 Å².